The Balaban J connectivity index is 1.34. The van der Waals surface area contributed by atoms with Crippen molar-refractivity contribution in [3.8, 4) is 0 Å². The van der Waals surface area contributed by atoms with Crippen molar-refractivity contribution in [3.63, 3.8) is 0 Å². The van der Waals surface area contributed by atoms with Gasteiger partial charge >= 0.3 is 0 Å². The van der Waals surface area contributed by atoms with E-state index in [4.69, 9.17) is 0 Å². The lowest BCUT2D eigenvalue weighted by molar-refractivity contribution is 0.149. The Hall–Kier alpha value is -1.93. The topological polar surface area (TPSA) is 83.9 Å². The van der Waals surface area contributed by atoms with Gasteiger partial charge in [0.1, 0.15) is 11.2 Å². The number of aromatic amines is 1. The van der Waals surface area contributed by atoms with Gasteiger partial charge in [-0.15, -0.1) is 0 Å². The molecule has 4 heterocycles. The van der Waals surface area contributed by atoms with Crippen LogP contribution < -0.4 is 0 Å². The van der Waals surface area contributed by atoms with E-state index in [-0.39, 0.29) is 0 Å². The van der Waals surface area contributed by atoms with Crippen molar-refractivity contribution in [3.05, 3.63) is 24.8 Å². The van der Waals surface area contributed by atoms with Gasteiger partial charge in [-0.1, -0.05) is 0 Å². The van der Waals surface area contributed by atoms with E-state index < -0.39 is 9.84 Å². The van der Waals surface area contributed by atoms with Gasteiger partial charge in [-0.05, 0) is 31.7 Å². The number of imidazole rings is 1. The molecule has 1 saturated carbocycles. The molecule has 3 aromatic rings. The Bertz CT molecular complexity index is 1030. The number of aromatic nitrogens is 4. The van der Waals surface area contributed by atoms with Crippen LogP contribution in [0.15, 0.2) is 24.8 Å². The minimum atomic E-state index is -2.80. The fraction of sp³-hybridized carbons (Fsp3) is 0.556. The predicted octanol–water partition coefficient (Wildman–Crippen LogP) is 2.13. The Morgan fingerprint density at radius 2 is 1.77 bits per heavy atom. The standard InChI is InChI=1S/C18H23N5O2S/c24-26(25)9-7-22(8-10-26)13-1-3-14(4-2-13)23-12-21-16-11-20-18-15(17(16)23)5-6-19-18/h5-6,11-14H,1-4,7-10H2,(H,19,20). The molecule has 0 aromatic carbocycles. The van der Waals surface area contributed by atoms with Gasteiger partial charge in [-0.2, -0.15) is 0 Å². The smallest absolute Gasteiger partial charge is 0.152 e. The predicted molar refractivity (Wildman–Crippen MR) is 101 cm³/mol. The largest absolute Gasteiger partial charge is 0.346 e. The number of H-pyrrole nitrogens is 1. The first-order valence-corrected chi connectivity index (χ1v) is 11.2. The molecule has 0 radical (unpaired) electrons. The van der Waals surface area contributed by atoms with Crippen molar-refractivity contribution >= 4 is 31.9 Å². The molecule has 0 amide bonds. The summed E-state index contributed by atoms with van der Waals surface area (Å²) in [6.45, 7) is 1.39. The van der Waals surface area contributed by atoms with Gasteiger partial charge in [-0.25, -0.2) is 18.4 Å². The highest BCUT2D eigenvalue weighted by Crippen LogP contribution is 2.35. The van der Waals surface area contributed by atoms with Crippen LogP contribution >= 0.6 is 0 Å². The van der Waals surface area contributed by atoms with Crippen molar-refractivity contribution in [2.45, 2.75) is 37.8 Å². The molecule has 8 heteroatoms. The number of rotatable bonds is 2. The molecule has 5 rings (SSSR count). The SMILES string of the molecule is O=S1(=O)CCN(C2CCC(n3cnc4cnc5[nH]ccc5c43)CC2)CC1. The highest BCUT2D eigenvalue weighted by molar-refractivity contribution is 7.91. The molecule has 7 nitrogen and oxygen atoms in total. The second kappa shape index (κ2) is 6.06. The van der Waals surface area contributed by atoms with E-state index in [0.717, 1.165) is 42.2 Å². The van der Waals surface area contributed by atoms with Gasteiger partial charge in [0, 0.05) is 36.8 Å². The van der Waals surface area contributed by atoms with Crippen molar-refractivity contribution in [2.75, 3.05) is 24.6 Å². The van der Waals surface area contributed by atoms with Gasteiger partial charge in [0.15, 0.2) is 9.84 Å². The van der Waals surface area contributed by atoms with Crippen molar-refractivity contribution in [1.82, 2.24) is 24.4 Å². The maximum atomic E-state index is 11.7. The van der Waals surface area contributed by atoms with E-state index >= 15 is 0 Å². The first-order chi connectivity index (χ1) is 12.6. The molecule has 1 N–H and O–H groups in total. The highest BCUT2D eigenvalue weighted by atomic mass is 32.2. The number of pyridine rings is 1. The molecule has 3 aromatic heterocycles. The summed E-state index contributed by atoms with van der Waals surface area (Å²) < 4.78 is 25.6. The molecule has 0 bridgehead atoms. The van der Waals surface area contributed by atoms with E-state index in [1.54, 1.807) is 0 Å². The number of sulfone groups is 1. The number of fused-ring (bicyclic) bond motifs is 3. The van der Waals surface area contributed by atoms with Crippen molar-refractivity contribution < 1.29 is 8.42 Å². The molecule has 0 spiro atoms. The third kappa shape index (κ3) is 2.72. The molecular formula is C18H23N5O2S. The Morgan fingerprint density at radius 1 is 1.04 bits per heavy atom. The molecule has 2 fully saturated rings. The average molecular weight is 373 g/mol. The number of nitrogens with one attached hydrogen (secondary N) is 1. The summed E-state index contributed by atoms with van der Waals surface area (Å²) in [5.41, 5.74) is 3.02. The minimum absolute atomic E-state index is 0.317. The van der Waals surface area contributed by atoms with E-state index in [2.05, 4.69) is 30.5 Å². The molecule has 2 aliphatic rings. The van der Waals surface area contributed by atoms with Crippen LogP contribution in [0.25, 0.3) is 22.1 Å². The molecule has 0 unspecified atom stereocenters. The van der Waals surface area contributed by atoms with Crippen LogP contribution in [-0.4, -0.2) is 63.5 Å². The summed E-state index contributed by atoms with van der Waals surface area (Å²) in [6.07, 6.45) is 10.2. The summed E-state index contributed by atoms with van der Waals surface area (Å²) >= 11 is 0. The Morgan fingerprint density at radius 3 is 2.54 bits per heavy atom. The fourth-order valence-corrected chi connectivity index (χ4v) is 5.83. The fourth-order valence-electron chi connectivity index (χ4n) is 4.60. The first kappa shape index (κ1) is 16.3. The lowest BCUT2D eigenvalue weighted by Crippen LogP contribution is -2.47. The average Bonchev–Trinajstić information content (AvgIpc) is 3.28. The minimum Gasteiger partial charge on any atom is -0.346 e. The number of hydrogen-bond donors (Lipinski definition) is 1. The summed E-state index contributed by atoms with van der Waals surface area (Å²) in [5.74, 6) is 0.634. The van der Waals surface area contributed by atoms with E-state index in [9.17, 15) is 8.42 Å². The maximum Gasteiger partial charge on any atom is 0.152 e. The highest BCUT2D eigenvalue weighted by Gasteiger charge is 2.31. The van der Waals surface area contributed by atoms with Crippen LogP contribution in [0, 0.1) is 0 Å². The van der Waals surface area contributed by atoms with E-state index in [1.807, 2.05) is 18.7 Å². The van der Waals surface area contributed by atoms with Gasteiger partial charge in [0.25, 0.3) is 0 Å². The summed E-state index contributed by atoms with van der Waals surface area (Å²) in [6, 6.07) is 3.04. The Kier molecular flexibility index (Phi) is 3.79. The lowest BCUT2D eigenvalue weighted by Gasteiger charge is -2.39. The summed E-state index contributed by atoms with van der Waals surface area (Å²) in [4.78, 5) is 14.6. The van der Waals surface area contributed by atoms with E-state index in [0.29, 0.717) is 36.7 Å². The maximum absolute atomic E-state index is 11.7. The molecule has 1 saturated heterocycles. The van der Waals surface area contributed by atoms with Crippen LogP contribution in [-0.2, 0) is 9.84 Å². The zero-order chi connectivity index (χ0) is 17.7. The van der Waals surface area contributed by atoms with Crippen molar-refractivity contribution in [1.29, 1.82) is 0 Å². The second-order valence-electron chi connectivity index (χ2n) is 7.53. The Labute approximate surface area is 152 Å². The molecule has 1 aliphatic carbocycles. The number of nitrogens with zero attached hydrogens (tertiary/aromatic N) is 4. The monoisotopic (exact) mass is 373 g/mol. The zero-order valence-electron chi connectivity index (χ0n) is 14.6. The van der Waals surface area contributed by atoms with Crippen LogP contribution in [0.3, 0.4) is 0 Å². The third-order valence-electron chi connectivity index (χ3n) is 6.07. The van der Waals surface area contributed by atoms with Crippen molar-refractivity contribution in [2.24, 2.45) is 0 Å². The summed E-state index contributed by atoms with van der Waals surface area (Å²) in [7, 11) is -2.80. The normalized spacial score (nSPS) is 27.2. The summed E-state index contributed by atoms with van der Waals surface area (Å²) in [5, 5.41) is 1.13. The van der Waals surface area contributed by atoms with E-state index in [1.165, 1.54) is 5.52 Å². The van der Waals surface area contributed by atoms with Gasteiger partial charge in [-0.3, -0.25) is 4.90 Å². The molecule has 1 aliphatic heterocycles. The zero-order valence-corrected chi connectivity index (χ0v) is 15.5. The number of hydrogen-bond acceptors (Lipinski definition) is 5. The molecule has 0 atom stereocenters. The molecule has 26 heavy (non-hydrogen) atoms. The van der Waals surface area contributed by atoms with Gasteiger partial charge in [0.05, 0.1) is 29.5 Å². The molecular weight excluding hydrogens is 350 g/mol. The van der Waals surface area contributed by atoms with Crippen LogP contribution in [0.4, 0.5) is 0 Å². The first-order valence-electron chi connectivity index (χ1n) is 9.34. The van der Waals surface area contributed by atoms with Crippen LogP contribution in [0.1, 0.15) is 31.7 Å². The van der Waals surface area contributed by atoms with Crippen LogP contribution in [0.5, 0.6) is 0 Å². The third-order valence-corrected chi connectivity index (χ3v) is 7.68. The van der Waals surface area contributed by atoms with Gasteiger partial charge in [0.2, 0.25) is 0 Å². The van der Waals surface area contributed by atoms with Crippen LogP contribution in [0.2, 0.25) is 0 Å². The second-order valence-corrected chi connectivity index (χ2v) is 9.84. The van der Waals surface area contributed by atoms with Gasteiger partial charge < -0.3 is 9.55 Å². The quantitative estimate of drug-likeness (QED) is 0.744. The molecule has 138 valence electrons. The lowest BCUT2D eigenvalue weighted by atomic mass is 9.89.